The second kappa shape index (κ2) is 3.90. The Morgan fingerprint density at radius 2 is 2.17 bits per heavy atom. The molecular weight excluding hydrogens is 285 g/mol. The molecular formula is C7H8IN3S. The normalized spacial score (nSPS) is 9.42. The van der Waals surface area contributed by atoms with Crippen molar-refractivity contribution in [2.45, 2.75) is 0 Å². The molecule has 0 aromatic heterocycles. The molecule has 3 nitrogen and oxygen atoms in total. The van der Waals surface area contributed by atoms with Crippen LogP contribution in [-0.4, -0.2) is 5.11 Å². The number of halogens is 1. The van der Waals surface area contributed by atoms with E-state index in [2.05, 4.69) is 40.1 Å². The molecule has 0 amide bonds. The highest BCUT2D eigenvalue weighted by Gasteiger charge is 1.97. The second-order valence-electron chi connectivity index (χ2n) is 2.23. The SMILES string of the molecule is NC(=S)Nc1ccc(N)c(I)c1. The standard InChI is InChI=1S/C7H8IN3S/c8-5-3-4(11-7(10)12)1-2-6(5)9/h1-3H,9H2,(H3,10,11,12). The first-order valence-corrected chi connectivity index (χ1v) is 4.70. The third-order valence-corrected chi connectivity index (χ3v) is 2.30. The molecule has 0 aliphatic rings. The maximum atomic E-state index is 5.62. The minimum Gasteiger partial charge on any atom is -0.398 e. The third-order valence-electron chi connectivity index (χ3n) is 1.27. The summed E-state index contributed by atoms with van der Waals surface area (Å²) < 4.78 is 0.980. The number of nitrogen functional groups attached to an aromatic ring is 1. The Morgan fingerprint density at radius 1 is 1.50 bits per heavy atom. The molecule has 0 atom stereocenters. The maximum absolute atomic E-state index is 5.62. The summed E-state index contributed by atoms with van der Waals surface area (Å²) in [5.74, 6) is 0. The van der Waals surface area contributed by atoms with Crippen LogP contribution in [-0.2, 0) is 0 Å². The van der Waals surface area contributed by atoms with Crippen molar-refractivity contribution in [3.8, 4) is 0 Å². The molecule has 0 fully saturated rings. The van der Waals surface area contributed by atoms with E-state index in [1.807, 2.05) is 18.2 Å². The fraction of sp³-hybridized carbons (Fsp3) is 0. The predicted molar refractivity (Wildman–Crippen MR) is 64.0 cm³/mol. The van der Waals surface area contributed by atoms with Crippen LogP contribution in [0.2, 0.25) is 0 Å². The van der Waals surface area contributed by atoms with Crippen LogP contribution in [0.15, 0.2) is 18.2 Å². The monoisotopic (exact) mass is 293 g/mol. The lowest BCUT2D eigenvalue weighted by Gasteiger charge is -2.04. The van der Waals surface area contributed by atoms with Gasteiger partial charge in [0.2, 0.25) is 0 Å². The van der Waals surface area contributed by atoms with E-state index in [1.165, 1.54) is 0 Å². The third kappa shape index (κ3) is 2.49. The number of hydrogen-bond donors (Lipinski definition) is 3. The van der Waals surface area contributed by atoms with Gasteiger partial charge in [-0.25, -0.2) is 0 Å². The number of nitrogens with one attached hydrogen (secondary N) is 1. The summed E-state index contributed by atoms with van der Waals surface area (Å²) in [5.41, 5.74) is 12.5. The molecule has 0 heterocycles. The van der Waals surface area contributed by atoms with Crippen molar-refractivity contribution in [3.05, 3.63) is 21.8 Å². The van der Waals surface area contributed by atoms with E-state index in [0.717, 1.165) is 14.9 Å². The Bertz CT molecular complexity index is 314. The average Bonchev–Trinajstić information content (AvgIpc) is 1.96. The molecule has 0 aliphatic heterocycles. The summed E-state index contributed by atoms with van der Waals surface area (Å²) in [6, 6.07) is 5.52. The van der Waals surface area contributed by atoms with Crippen LogP contribution in [0.3, 0.4) is 0 Å². The molecule has 12 heavy (non-hydrogen) atoms. The number of benzene rings is 1. The zero-order valence-electron chi connectivity index (χ0n) is 6.17. The Morgan fingerprint density at radius 3 is 2.67 bits per heavy atom. The van der Waals surface area contributed by atoms with E-state index in [-0.39, 0.29) is 5.11 Å². The van der Waals surface area contributed by atoms with E-state index in [1.54, 1.807) is 0 Å². The molecule has 1 aromatic rings. The minimum atomic E-state index is 0.260. The zero-order chi connectivity index (χ0) is 9.14. The Labute approximate surface area is 89.6 Å². The van der Waals surface area contributed by atoms with Crippen molar-refractivity contribution < 1.29 is 0 Å². The van der Waals surface area contributed by atoms with Gasteiger partial charge >= 0.3 is 0 Å². The van der Waals surface area contributed by atoms with Crippen LogP contribution in [0.5, 0.6) is 0 Å². The molecule has 5 N–H and O–H groups in total. The summed E-state index contributed by atoms with van der Waals surface area (Å²) in [6.45, 7) is 0. The van der Waals surface area contributed by atoms with Gasteiger partial charge in [0, 0.05) is 14.9 Å². The summed E-state index contributed by atoms with van der Waals surface area (Å²) in [5, 5.41) is 3.08. The van der Waals surface area contributed by atoms with Crippen molar-refractivity contribution in [1.82, 2.24) is 0 Å². The zero-order valence-corrected chi connectivity index (χ0v) is 9.15. The number of anilines is 2. The maximum Gasteiger partial charge on any atom is 0.168 e. The first kappa shape index (κ1) is 9.53. The number of rotatable bonds is 1. The molecule has 64 valence electrons. The van der Waals surface area contributed by atoms with Gasteiger partial charge in [0.15, 0.2) is 5.11 Å². The highest BCUT2D eigenvalue weighted by molar-refractivity contribution is 14.1. The number of nitrogens with two attached hydrogens (primary N) is 2. The van der Waals surface area contributed by atoms with E-state index in [9.17, 15) is 0 Å². The summed E-state index contributed by atoms with van der Waals surface area (Å²) >= 11 is 6.83. The van der Waals surface area contributed by atoms with Crippen LogP contribution in [0.25, 0.3) is 0 Å². The molecule has 5 heteroatoms. The van der Waals surface area contributed by atoms with E-state index in [0.29, 0.717) is 0 Å². The van der Waals surface area contributed by atoms with Gasteiger partial charge in [0.1, 0.15) is 0 Å². The van der Waals surface area contributed by atoms with Gasteiger partial charge in [-0.05, 0) is 53.0 Å². The lowest BCUT2D eigenvalue weighted by Crippen LogP contribution is -2.18. The van der Waals surface area contributed by atoms with E-state index < -0.39 is 0 Å². The van der Waals surface area contributed by atoms with Crippen LogP contribution in [0, 0.1) is 3.57 Å². The van der Waals surface area contributed by atoms with E-state index in [4.69, 9.17) is 11.5 Å². The quantitative estimate of drug-likeness (QED) is 0.417. The molecule has 1 aromatic carbocycles. The van der Waals surface area contributed by atoms with Gasteiger partial charge in [-0.1, -0.05) is 0 Å². The number of hydrogen-bond acceptors (Lipinski definition) is 2. The molecule has 0 bridgehead atoms. The fourth-order valence-electron chi connectivity index (χ4n) is 0.747. The highest BCUT2D eigenvalue weighted by Crippen LogP contribution is 2.19. The Kier molecular flexibility index (Phi) is 3.10. The molecule has 0 saturated heterocycles. The van der Waals surface area contributed by atoms with Crippen molar-refractivity contribution in [2.75, 3.05) is 11.1 Å². The fourth-order valence-corrected chi connectivity index (χ4v) is 1.38. The molecule has 0 radical (unpaired) electrons. The van der Waals surface area contributed by atoms with Crippen LogP contribution in [0.4, 0.5) is 11.4 Å². The summed E-state index contributed by atoms with van der Waals surface area (Å²) in [6.07, 6.45) is 0. The van der Waals surface area contributed by atoms with Gasteiger partial charge in [0.05, 0.1) is 0 Å². The predicted octanol–water partition coefficient (Wildman–Crippen LogP) is 1.53. The van der Waals surface area contributed by atoms with Crippen LogP contribution < -0.4 is 16.8 Å². The smallest absolute Gasteiger partial charge is 0.168 e. The van der Waals surface area contributed by atoms with Crippen LogP contribution >= 0.6 is 34.8 Å². The minimum absolute atomic E-state index is 0.260. The first-order valence-electron chi connectivity index (χ1n) is 3.21. The topological polar surface area (TPSA) is 64.1 Å². The Balaban J connectivity index is 2.89. The van der Waals surface area contributed by atoms with Gasteiger partial charge in [-0.3, -0.25) is 0 Å². The lowest BCUT2D eigenvalue weighted by molar-refractivity contribution is 1.57. The summed E-state index contributed by atoms with van der Waals surface area (Å²) in [7, 11) is 0. The van der Waals surface area contributed by atoms with Crippen molar-refractivity contribution >= 4 is 51.3 Å². The van der Waals surface area contributed by atoms with Gasteiger partial charge in [-0.15, -0.1) is 0 Å². The molecule has 1 rings (SSSR count). The first-order chi connectivity index (χ1) is 5.59. The molecule has 0 unspecified atom stereocenters. The van der Waals surface area contributed by atoms with Gasteiger partial charge in [0.25, 0.3) is 0 Å². The van der Waals surface area contributed by atoms with Crippen LogP contribution in [0.1, 0.15) is 0 Å². The molecule has 0 aliphatic carbocycles. The Hall–Kier alpha value is -0.560. The van der Waals surface area contributed by atoms with E-state index >= 15 is 0 Å². The average molecular weight is 293 g/mol. The summed E-state index contributed by atoms with van der Waals surface area (Å²) in [4.78, 5) is 0. The molecule has 0 saturated carbocycles. The lowest BCUT2D eigenvalue weighted by atomic mass is 10.3. The number of thiocarbonyl (C=S) groups is 1. The van der Waals surface area contributed by atoms with Gasteiger partial charge < -0.3 is 16.8 Å². The van der Waals surface area contributed by atoms with Crippen molar-refractivity contribution in [1.29, 1.82) is 0 Å². The van der Waals surface area contributed by atoms with Crippen molar-refractivity contribution in [2.24, 2.45) is 5.73 Å². The molecule has 0 spiro atoms. The largest absolute Gasteiger partial charge is 0.398 e. The second-order valence-corrected chi connectivity index (χ2v) is 3.83. The van der Waals surface area contributed by atoms with Crippen molar-refractivity contribution in [3.63, 3.8) is 0 Å². The van der Waals surface area contributed by atoms with Gasteiger partial charge in [-0.2, -0.15) is 0 Å². The highest BCUT2D eigenvalue weighted by atomic mass is 127.